The number of anilines is 1. The summed E-state index contributed by atoms with van der Waals surface area (Å²) >= 11 is 0. The number of unbranched alkanes of at least 4 members (excludes halogenated alkanes) is 2. The number of ether oxygens (including phenoxy) is 2. The maximum absolute atomic E-state index is 12.1. The topological polar surface area (TPSA) is 126 Å². The van der Waals surface area contributed by atoms with Crippen LogP contribution in [0.5, 0.6) is 11.5 Å². The number of hydrogen-bond acceptors (Lipinski definition) is 6. The standard InChI is InChI=1S/C23H31N3O5/c1-3-5-11-30-19-13-17(14-20(15-19)31-12-6-4-2)21(23(27)28)25-18-9-7-16(8-10-18)22(24)26-29/h7-10,13-15,21,25,29H,3-6,11-12H2,1-2H3,(H2,24,26)(H,27,28). The zero-order chi connectivity index (χ0) is 22.6. The number of hydrogen-bond donors (Lipinski definition) is 4. The van der Waals surface area contributed by atoms with E-state index in [1.165, 1.54) is 0 Å². The number of carboxylic acids is 1. The van der Waals surface area contributed by atoms with E-state index in [-0.39, 0.29) is 5.84 Å². The van der Waals surface area contributed by atoms with E-state index in [1.807, 2.05) is 0 Å². The summed E-state index contributed by atoms with van der Waals surface area (Å²) in [6, 6.07) is 10.8. The number of rotatable bonds is 13. The lowest BCUT2D eigenvalue weighted by atomic mass is 10.1. The third kappa shape index (κ3) is 7.40. The van der Waals surface area contributed by atoms with Gasteiger partial charge in [0.15, 0.2) is 11.9 Å². The first-order chi connectivity index (χ1) is 15.0. The predicted molar refractivity (Wildman–Crippen MR) is 120 cm³/mol. The van der Waals surface area contributed by atoms with Crippen LogP contribution in [-0.4, -0.2) is 35.3 Å². The van der Waals surface area contributed by atoms with Crippen LogP contribution in [0, 0.1) is 0 Å². The highest BCUT2D eigenvalue weighted by molar-refractivity contribution is 5.97. The largest absolute Gasteiger partial charge is 0.493 e. The predicted octanol–water partition coefficient (Wildman–Crippen LogP) is 4.38. The molecular weight excluding hydrogens is 398 g/mol. The lowest BCUT2D eigenvalue weighted by molar-refractivity contribution is -0.138. The summed E-state index contributed by atoms with van der Waals surface area (Å²) in [5, 5.41) is 24.6. The van der Waals surface area contributed by atoms with Crippen LogP contribution in [0.3, 0.4) is 0 Å². The number of oxime groups is 1. The molecule has 0 spiro atoms. The molecule has 0 aliphatic carbocycles. The normalized spacial score (nSPS) is 12.3. The summed E-state index contributed by atoms with van der Waals surface area (Å²) in [5.74, 6) is 0.0958. The number of amidine groups is 1. The van der Waals surface area contributed by atoms with Gasteiger partial charge in [-0.1, -0.05) is 31.8 Å². The fourth-order valence-corrected chi connectivity index (χ4v) is 2.85. The molecule has 0 radical (unpaired) electrons. The molecule has 0 saturated heterocycles. The Kier molecular flexibility index (Phi) is 9.48. The molecule has 0 aliphatic heterocycles. The molecule has 2 rings (SSSR count). The molecule has 0 saturated carbocycles. The molecule has 2 aromatic carbocycles. The van der Waals surface area contributed by atoms with Crippen molar-refractivity contribution in [3.05, 3.63) is 53.6 Å². The van der Waals surface area contributed by atoms with E-state index >= 15 is 0 Å². The van der Waals surface area contributed by atoms with Gasteiger partial charge >= 0.3 is 5.97 Å². The average molecular weight is 430 g/mol. The van der Waals surface area contributed by atoms with Crippen molar-refractivity contribution in [3.8, 4) is 11.5 Å². The summed E-state index contributed by atoms with van der Waals surface area (Å²) in [4.78, 5) is 12.1. The van der Waals surface area contributed by atoms with Gasteiger partial charge in [0.25, 0.3) is 0 Å². The highest BCUT2D eigenvalue weighted by Gasteiger charge is 2.22. The van der Waals surface area contributed by atoms with Gasteiger partial charge in [-0.15, -0.1) is 0 Å². The van der Waals surface area contributed by atoms with Gasteiger partial charge in [0.1, 0.15) is 11.5 Å². The maximum atomic E-state index is 12.1. The summed E-state index contributed by atoms with van der Waals surface area (Å²) < 4.78 is 11.6. The second kappa shape index (κ2) is 12.3. The van der Waals surface area contributed by atoms with Crippen LogP contribution in [0.2, 0.25) is 0 Å². The fraction of sp³-hybridized carbons (Fsp3) is 0.391. The van der Waals surface area contributed by atoms with Gasteiger partial charge in [-0.25, -0.2) is 4.79 Å². The molecule has 0 fully saturated rings. The van der Waals surface area contributed by atoms with Crippen molar-refractivity contribution in [2.75, 3.05) is 18.5 Å². The highest BCUT2D eigenvalue weighted by Crippen LogP contribution is 2.29. The van der Waals surface area contributed by atoms with Crippen LogP contribution >= 0.6 is 0 Å². The third-order valence-electron chi connectivity index (χ3n) is 4.62. The van der Waals surface area contributed by atoms with Gasteiger partial charge < -0.3 is 30.8 Å². The first-order valence-corrected chi connectivity index (χ1v) is 10.5. The minimum absolute atomic E-state index is 0.0212. The molecule has 5 N–H and O–H groups in total. The second-order valence-electron chi connectivity index (χ2n) is 7.12. The molecule has 8 heteroatoms. The lowest BCUT2D eigenvalue weighted by Crippen LogP contribution is -2.21. The molecule has 2 aromatic rings. The minimum atomic E-state index is -1.04. The number of carbonyl (C=O) groups is 1. The number of nitrogens with zero attached hydrogens (tertiary/aromatic N) is 1. The van der Waals surface area contributed by atoms with Crippen LogP contribution in [-0.2, 0) is 4.79 Å². The monoisotopic (exact) mass is 429 g/mol. The van der Waals surface area contributed by atoms with E-state index in [2.05, 4.69) is 24.3 Å². The minimum Gasteiger partial charge on any atom is -0.493 e. The molecule has 0 bridgehead atoms. The van der Waals surface area contributed by atoms with Crippen molar-refractivity contribution in [1.29, 1.82) is 0 Å². The van der Waals surface area contributed by atoms with E-state index in [0.29, 0.717) is 41.5 Å². The van der Waals surface area contributed by atoms with Crippen molar-refractivity contribution in [3.63, 3.8) is 0 Å². The van der Waals surface area contributed by atoms with E-state index < -0.39 is 12.0 Å². The quantitative estimate of drug-likeness (QED) is 0.122. The van der Waals surface area contributed by atoms with Gasteiger partial charge in [0.05, 0.1) is 13.2 Å². The molecule has 31 heavy (non-hydrogen) atoms. The number of aliphatic carboxylic acids is 1. The summed E-state index contributed by atoms with van der Waals surface area (Å²) in [6.07, 6.45) is 3.81. The summed E-state index contributed by atoms with van der Waals surface area (Å²) in [7, 11) is 0. The molecule has 0 aromatic heterocycles. The Hall–Kier alpha value is -3.42. The van der Waals surface area contributed by atoms with Crippen LogP contribution in [0.4, 0.5) is 5.69 Å². The van der Waals surface area contributed by atoms with Crippen molar-refractivity contribution in [2.45, 2.75) is 45.6 Å². The first kappa shape index (κ1) is 23.9. The van der Waals surface area contributed by atoms with Crippen molar-refractivity contribution >= 4 is 17.5 Å². The van der Waals surface area contributed by atoms with Crippen LogP contribution in [0.25, 0.3) is 0 Å². The number of nitrogens with two attached hydrogens (primary N) is 1. The Bertz CT molecular complexity index is 840. The van der Waals surface area contributed by atoms with Gasteiger partial charge in [-0.3, -0.25) is 0 Å². The van der Waals surface area contributed by atoms with Crippen LogP contribution in [0.1, 0.15) is 56.7 Å². The Morgan fingerprint density at radius 2 is 1.58 bits per heavy atom. The molecule has 0 aliphatic rings. The number of nitrogens with one attached hydrogen (secondary N) is 1. The van der Waals surface area contributed by atoms with Crippen LogP contribution < -0.4 is 20.5 Å². The molecule has 0 amide bonds. The van der Waals surface area contributed by atoms with E-state index in [4.69, 9.17) is 20.4 Å². The molecule has 168 valence electrons. The fourth-order valence-electron chi connectivity index (χ4n) is 2.85. The maximum Gasteiger partial charge on any atom is 0.330 e. The van der Waals surface area contributed by atoms with E-state index in [1.54, 1.807) is 42.5 Å². The molecule has 1 atom stereocenters. The van der Waals surface area contributed by atoms with Gasteiger partial charge in [0.2, 0.25) is 0 Å². The first-order valence-electron chi connectivity index (χ1n) is 10.5. The Morgan fingerprint density at radius 3 is 2.03 bits per heavy atom. The molecule has 1 unspecified atom stereocenters. The highest BCUT2D eigenvalue weighted by atomic mass is 16.5. The summed E-state index contributed by atoms with van der Waals surface area (Å²) in [6.45, 7) is 5.26. The number of benzene rings is 2. The van der Waals surface area contributed by atoms with E-state index in [9.17, 15) is 9.90 Å². The van der Waals surface area contributed by atoms with Crippen molar-refractivity contribution < 1.29 is 24.6 Å². The lowest BCUT2D eigenvalue weighted by Gasteiger charge is -2.19. The average Bonchev–Trinajstić information content (AvgIpc) is 2.77. The molecular formula is C23H31N3O5. The van der Waals surface area contributed by atoms with E-state index in [0.717, 1.165) is 25.7 Å². The number of carboxylic acid groups (broad SMARTS) is 1. The third-order valence-corrected chi connectivity index (χ3v) is 4.62. The SMILES string of the molecule is CCCCOc1cc(OCCCC)cc(C(Nc2ccc(C(N)=NO)cc2)C(=O)O)c1. The Morgan fingerprint density at radius 1 is 1.03 bits per heavy atom. The zero-order valence-electron chi connectivity index (χ0n) is 18.0. The summed E-state index contributed by atoms with van der Waals surface area (Å²) in [5.41, 5.74) is 7.20. The second-order valence-corrected chi connectivity index (χ2v) is 7.12. The molecule has 0 heterocycles. The smallest absolute Gasteiger partial charge is 0.330 e. The zero-order valence-corrected chi connectivity index (χ0v) is 18.0. The van der Waals surface area contributed by atoms with Gasteiger partial charge in [0, 0.05) is 17.3 Å². The van der Waals surface area contributed by atoms with Crippen LogP contribution in [0.15, 0.2) is 47.6 Å². The Balaban J connectivity index is 2.28. The Labute approximate surface area is 182 Å². The van der Waals surface area contributed by atoms with Crippen molar-refractivity contribution in [1.82, 2.24) is 0 Å². The molecule has 8 nitrogen and oxygen atoms in total. The van der Waals surface area contributed by atoms with Crippen molar-refractivity contribution in [2.24, 2.45) is 10.9 Å². The van der Waals surface area contributed by atoms with Gasteiger partial charge in [-0.05, 0) is 54.8 Å². The van der Waals surface area contributed by atoms with Gasteiger partial charge in [-0.2, -0.15) is 0 Å².